The van der Waals surface area contributed by atoms with Crippen molar-refractivity contribution < 1.29 is 15.0 Å². The largest absolute Gasteiger partial charge is 0.479 e. The lowest BCUT2D eigenvalue weighted by atomic mass is 10.1. The predicted molar refractivity (Wildman–Crippen MR) is 61.1 cm³/mol. The third kappa shape index (κ3) is 4.85. The molecule has 1 heterocycles. The van der Waals surface area contributed by atoms with Crippen molar-refractivity contribution in [3.8, 4) is 0 Å². The van der Waals surface area contributed by atoms with Crippen LogP contribution in [0.4, 0.5) is 0 Å². The molecule has 1 atom stereocenters. The van der Waals surface area contributed by atoms with Gasteiger partial charge in [-0.15, -0.1) is 0 Å². The minimum atomic E-state index is -1.41. The van der Waals surface area contributed by atoms with Crippen molar-refractivity contribution in [3.05, 3.63) is 60.7 Å². The number of hydrogen-bond acceptors (Lipinski definition) is 4. The Morgan fingerprint density at radius 2 is 1.47 bits per heavy atom. The number of benzene rings is 1. The first kappa shape index (κ1) is 12.8. The fourth-order valence-corrected chi connectivity index (χ4v) is 1.03. The number of carboxylic acid groups (broad SMARTS) is 1. The van der Waals surface area contributed by atoms with Gasteiger partial charge in [-0.05, 0) is 5.56 Å². The van der Waals surface area contributed by atoms with Crippen molar-refractivity contribution in [3.63, 3.8) is 0 Å². The van der Waals surface area contributed by atoms with Gasteiger partial charge in [0, 0.05) is 24.8 Å². The number of rotatable bonds is 2. The van der Waals surface area contributed by atoms with Gasteiger partial charge in [0.25, 0.3) is 0 Å². The molecule has 2 N–H and O–H groups in total. The molecule has 0 aliphatic carbocycles. The second-order valence-corrected chi connectivity index (χ2v) is 3.05. The van der Waals surface area contributed by atoms with E-state index in [4.69, 9.17) is 10.2 Å². The summed E-state index contributed by atoms with van der Waals surface area (Å²) in [5, 5.41) is 17.4. The van der Waals surface area contributed by atoms with Gasteiger partial charge in [-0.3, -0.25) is 9.97 Å². The Balaban J connectivity index is 0.000000202. The summed E-state index contributed by atoms with van der Waals surface area (Å²) in [6.45, 7) is 0. The van der Waals surface area contributed by atoms with Crippen molar-refractivity contribution in [2.45, 2.75) is 6.10 Å². The lowest BCUT2D eigenvalue weighted by Gasteiger charge is -2.03. The third-order valence-electron chi connectivity index (χ3n) is 1.83. The minimum Gasteiger partial charge on any atom is -0.479 e. The van der Waals surface area contributed by atoms with Crippen molar-refractivity contribution in [2.24, 2.45) is 0 Å². The first-order valence-corrected chi connectivity index (χ1v) is 4.87. The highest BCUT2D eigenvalue weighted by molar-refractivity contribution is 5.73. The summed E-state index contributed by atoms with van der Waals surface area (Å²) in [5.74, 6) is -1.23. The first-order valence-electron chi connectivity index (χ1n) is 4.87. The Morgan fingerprint density at radius 1 is 1.00 bits per heavy atom. The van der Waals surface area contributed by atoms with Gasteiger partial charge in [0.05, 0.1) is 0 Å². The molecule has 2 rings (SSSR count). The van der Waals surface area contributed by atoms with Gasteiger partial charge < -0.3 is 10.2 Å². The predicted octanol–water partition coefficient (Wildman–Crippen LogP) is 1.28. The maximum atomic E-state index is 10.2. The van der Waals surface area contributed by atoms with E-state index in [1.807, 2.05) is 0 Å². The molecule has 1 aromatic carbocycles. The van der Waals surface area contributed by atoms with E-state index >= 15 is 0 Å². The van der Waals surface area contributed by atoms with Crippen LogP contribution in [0.1, 0.15) is 11.7 Å². The van der Waals surface area contributed by atoms with Gasteiger partial charge in [0.15, 0.2) is 6.10 Å². The SMILES string of the molecule is O=C(O)C(O)c1ccccc1.c1cnccn1. The molecular formula is C12H12N2O3. The molecule has 2 aromatic rings. The second-order valence-electron chi connectivity index (χ2n) is 3.05. The molecular weight excluding hydrogens is 220 g/mol. The Kier molecular flexibility index (Phi) is 5.33. The summed E-state index contributed by atoms with van der Waals surface area (Å²) in [6, 6.07) is 8.26. The topological polar surface area (TPSA) is 83.3 Å². The van der Waals surface area contributed by atoms with Crippen LogP contribution in [0.3, 0.4) is 0 Å². The molecule has 0 fully saturated rings. The molecule has 0 bridgehead atoms. The number of hydrogen-bond donors (Lipinski definition) is 2. The Morgan fingerprint density at radius 3 is 1.82 bits per heavy atom. The zero-order chi connectivity index (χ0) is 12.5. The molecule has 0 aliphatic rings. The van der Waals surface area contributed by atoms with Crippen LogP contribution in [0.5, 0.6) is 0 Å². The van der Waals surface area contributed by atoms with E-state index in [-0.39, 0.29) is 0 Å². The molecule has 1 unspecified atom stereocenters. The number of aliphatic hydroxyl groups is 1. The molecule has 5 nitrogen and oxygen atoms in total. The minimum absolute atomic E-state index is 0.403. The smallest absolute Gasteiger partial charge is 0.337 e. The summed E-state index contributed by atoms with van der Waals surface area (Å²) in [4.78, 5) is 17.7. The third-order valence-corrected chi connectivity index (χ3v) is 1.83. The normalized spacial score (nSPS) is 10.9. The Bertz CT molecular complexity index is 407. The van der Waals surface area contributed by atoms with Crippen LogP contribution in [-0.4, -0.2) is 26.2 Å². The quantitative estimate of drug-likeness (QED) is 0.814. The fourth-order valence-electron chi connectivity index (χ4n) is 1.03. The van der Waals surface area contributed by atoms with Gasteiger partial charge in [-0.25, -0.2) is 4.79 Å². The number of carbonyl (C=O) groups is 1. The van der Waals surface area contributed by atoms with Crippen molar-refractivity contribution in [2.75, 3.05) is 0 Å². The maximum absolute atomic E-state index is 10.2. The molecule has 1 aromatic heterocycles. The van der Waals surface area contributed by atoms with E-state index < -0.39 is 12.1 Å². The van der Waals surface area contributed by atoms with Crippen molar-refractivity contribution >= 4 is 5.97 Å². The summed E-state index contributed by atoms with van der Waals surface area (Å²) >= 11 is 0. The molecule has 0 aliphatic heterocycles. The van der Waals surface area contributed by atoms with E-state index in [9.17, 15) is 4.79 Å². The number of aliphatic hydroxyl groups excluding tert-OH is 1. The van der Waals surface area contributed by atoms with Gasteiger partial charge in [-0.1, -0.05) is 30.3 Å². The van der Waals surface area contributed by atoms with Crippen LogP contribution < -0.4 is 0 Å². The lowest BCUT2D eigenvalue weighted by molar-refractivity contribution is -0.146. The van der Waals surface area contributed by atoms with Gasteiger partial charge >= 0.3 is 5.97 Å². The van der Waals surface area contributed by atoms with Crippen LogP contribution in [0.2, 0.25) is 0 Å². The summed E-state index contributed by atoms with van der Waals surface area (Å²) in [7, 11) is 0. The average Bonchev–Trinajstić information content (AvgIpc) is 2.41. The van der Waals surface area contributed by atoms with Crippen LogP contribution in [0, 0.1) is 0 Å². The highest BCUT2D eigenvalue weighted by Crippen LogP contribution is 2.10. The number of nitrogens with zero attached hydrogens (tertiary/aromatic N) is 2. The van der Waals surface area contributed by atoms with Crippen LogP contribution in [0.15, 0.2) is 55.1 Å². The van der Waals surface area contributed by atoms with E-state index in [1.165, 1.54) is 0 Å². The van der Waals surface area contributed by atoms with E-state index in [0.29, 0.717) is 5.56 Å². The zero-order valence-corrected chi connectivity index (χ0v) is 8.97. The Labute approximate surface area is 98.4 Å². The average molecular weight is 232 g/mol. The highest BCUT2D eigenvalue weighted by Gasteiger charge is 2.14. The summed E-state index contributed by atoms with van der Waals surface area (Å²) < 4.78 is 0. The molecule has 0 spiro atoms. The fraction of sp³-hybridized carbons (Fsp3) is 0.0833. The molecule has 0 amide bonds. The van der Waals surface area contributed by atoms with E-state index in [2.05, 4.69) is 9.97 Å². The lowest BCUT2D eigenvalue weighted by Crippen LogP contribution is -2.09. The second kappa shape index (κ2) is 7.08. The Hall–Kier alpha value is -2.27. The zero-order valence-electron chi connectivity index (χ0n) is 8.97. The van der Waals surface area contributed by atoms with Gasteiger partial charge in [0.2, 0.25) is 0 Å². The summed E-state index contributed by atoms with van der Waals surface area (Å²) in [5.41, 5.74) is 0.403. The summed E-state index contributed by atoms with van der Waals surface area (Å²) in [6.07, 6.45) is 5.15. The van der Waals surface area contributed by atoms with E-state index in [1.54, 1.807) is 55.1 Å². The van der Waals surface area contributed by atoms with Gasteiger partial charge in [-0.2, -0.15) is 0 Å². The molecule has 0 saturated carbocycles. The van der Waals surface area contributed by atoms with Crippen LogP contribution in [-0.2, 0) is 4.79 Å². The number of aliphatic carboxylic acids is 1. The first-order chi connectivity index (χ1) is 8.22. The maximum Gasteiger partial charge on any atom is 0.337 e. The number of aromatic nitrogens is 2. The molecule has 5 heteroatoms. The monoisotopic (exact) mass is 232 g/mol. The molecule has 88 valence electrons. The van der Waals surface area contributed by atoms with Crippen LogP contribution in [0.25, 0.3) is 0 Å². The van der Waals surface area contributed by atoms with Gasteiger partial charge in [0.1, 0.15) is 0 Å². The number of carboxylic acids is 1. The molecule has 17 heavy (non-hydrogen) atoms. The van der Waals surface area contributed by atoms with Crippen molar-refractivity contribution in [1.82, 2.24) is 9.97 Å². The van der Waals surface area contributed by atoms with E-state index in [0.717, 1.165) is 0 Å². The van der Waals surface area contributed by atoms with Crippen LogP contribution >= 0.6 is 0 Å². The molecule has 0 radical (unpaired) electrons. The highest BCUT2D eigenvalue weighted by atomic mass is 16.4. The molecule has 0 saturated heterocycles. The standard InChI is InChI=1S/C8H8O3.C4H4N2/c9-7(8(10)11)6-4-2-1-3-5-6;1-2-6-4-3-5-1/h1-5,7,9H,(H,10,11);1-4H. The van der Waals surface area contributed by atoms with Crippen molar-refractivity contribution in [1.29, 1.82) is 0 Å².